The molecule has 114 valence electrons. The van der Waals surface area contributed by atoms with E-state index in [1.54, 1.807) is 24.5 Å². The van der Waals surface area contributed by atoms with E-state index >= 15 is 0 Å². The number of hydrogen-bond donors (Lipinski definition) is 0. The van der Waals surface area contributed by atoms with Crippen molar-refractivity contribution in [3.8, 4) is 0 Å². The van der Waals surface area contributed by atoms with E-state index in [1.165, 1.54) is 19.3 Å². The summed E-state index contributed by atoms with van der Waals surface area (Å²) in [6, 6.07) is 3.61. The summed E-state index contributed by atoms with van der Waals surface area (Å²) in [5.74, 6) is 1.08. The predicted molar refractivity (Wildman–Crippen MR) is 83.1 cm³/mol. The third-order valence-corrected chi connectivity index (χ3v) is 5.22. The Kier molecular flexibility index (Phi) is 3.98. The fraction of sp³-hybridized carbons (Fsp3) is 0.647. The van der Waals surface area contributed by atoms with Gasteiger partial charge < -0.3 is 9.80 Å². The van der Waals surface area contributed by atoms with E-state index < -0.39 is 0 Å². The zero-order valence-electron chi connectivity index (χ0n) is 13.1. The molecule has 1 aromatic rings. The number of carbonyl (C=O) groups excluding carboxylic acids is 1. The van der Waals surface area contributed by atoms with Crippen LogP contribution in [0.25, 0.3) is 0 Å². The molecule has 0 bridgehead atoms. The van der Waals surface area contributed by atoms with Gasteiger partial charge in [0.2, 0.25) is 0 Å². The maximum atomic E-state index is 12.5. The van der Waals surface area contributed by atoms with Gasteiger partial charge in [-0.15, -0.1) is 0 Å². The van der Waals surface area contributed by atoms with E-state index in [0.717, 1.165) is 37.4 Å². The fourth-order valence-corrected chi connectivity index (χ4v) is 3.50. The minimum atomic E-state index is 0.149. The molecule has 0 atom stereocenters. The van der Waals surface area contributed by atoms with Crippen LogP contribution in [0.2, 0.25) is 0 Å². The number of carbonyl (C=O) groups is 1. The first kappa shape index (κ1) is 14.5. The van der Waals surface area contributed by atoms with E-state index in [1.807, 2.05) is 4.90 Å². The Morgan fingerprint density at radius 1 is 1.29 bits per heavy atom. The van der Waals surface area contributed by atoms with Crippen LogP contribution >= 0.6 is 0 Å². The Balaban J connectivity index is 1.64. The van der Waals surface area contributed by atoms with Crippen LogP contribution in [0.5, 0.6) is 0 Å². The second-order valence-electron chi connectivity index (χ2n) is 6.79. The number of amides is 1. The highest BCUT2D eigenvalue weighted by Gasteiger charge is 2.41. The van der Waals surface area contributed by atoms with Crippen molar-refractivity contribution in [3.05, 3.63) is 30.1 Å². The molecular formula is C17H25N3O. The van der Waals surface area contributed by atoms with Crippen molar-refractivity contribution in [1.29, 1.82) is 0 Å². The molecule has 2 heterocycles. The third kappa shape index (κ3) is 3.10. The third-order valence-electron chi connectivity index (χ3n) is 5.22. The lowest BCUT2D eigenvalue weighted by atomic mass is 9.81. The second kappa shape index (κ2) is 5.76. The summed E-state index contributed by atoms with van der Waals surface area (Å²) >= 11 is 0. The van der Waals surface area contributed by atoms with Crippen LogP contribution < -0.4 is 0 Å². The lowest BCUT2D eigenvalue weighted by Gasteiger charge is -2.46. The number of likely N-dealkylation sites (tertiary alicyclic amines) is 1. The minimum Gasteiger partial charge on any atom is -0.339 e. The monoisotopic (exact) mass is 287 g/mol. The SMILES string of the molecule is CN(C)C1(CC2CC2)CCN(C(=O)c2ccncc2)CC1. The smallest absolute Gasteiger partial charge is 0.253 e. The Labute approximate surface area is 127 Å². The molecule has 1 aliphatic heterocycles. The molecule has 1 saturated heterocycles. The topological polar surface area (TPSA) is 36.4 Å². The first-order chi connectivity index (χ1) is 10.1. The number of piperidine rings is 1. The highest BCUT2D eigenvalue weighted by molar-refractivity contribution is 5.94. The second-order valence-corrected chi connectivity index (χ2v) is 6.79. The largest absolute Gasteiger partial charge is 0.339 e. The normalized spacial score (nSPS) is 21.6. The molecule has 2 fully saturated rings. The van der Waals surface area contributed by atoms with Crippen molar-refractivity contribution in [2.24, 2.45) is 5.92 Å². The highest BCUT2D eigenvalue weighted by Crippen LogP contribution is 2.42. The molecule has 2 aliphatic rings. The fourth-order valence-electron chi connectivity index (χ4n) is 3.50. The average molecular weight is 287 g/mol. The summed E-state index contributed by atoms with van der Waals surface area (Å²) in [6.45, 7) is 1.73. The quantitative estimate of drug-likeness (QED) is 0.853. The lowest BCUT2D eigenvalue weighted by Crippen LogP contribution is -2.54. The Bertz CT molecular complexity index is 488. The summed E-state index contributed by atoms with van der Waals surface area (Å²) in [5.41, 5.74) is 1.06. The Morgan fingerprint density at radius 2 is 1.90 bits per heavy atom. The molecule has 0 aromatic carbocycles. The molecule has 1 aromatic heterocycles. The van der Waals surface area contributed by atoms with Crippen LogP contribution in [0, 0.1) is 5.92 Å². The molecule has 0 unspecified atom stereocenters. The van der Waals surface area contributed by atoms with E-state index in [4.69, 9.17) is 0 Å². The molecule has 1 amide bonds. The van der Waals surface area contributed by atoms with Gasteiger partial charge in [-0.2, -0.15) is 0 Å². The van der Waals surface area contributed by atoms with Gasteiger partial charge in [0.05, 0.1) is 0 Å². The molecule has 1 saturated carbocycles. The minimum absolute atomic E-state index is 0.149. The van der Waals surface area contributed by atoms with Crippen LogP contribution in [-0.4, -0.2) is 53.4 Å². The number of rotatable bonds is 4. The standard InChI is InChI=1S/C17H25N3O/c1-19(2)17(13-14-3-4-14)7-11-20(12-8-17)16(21)15-5-9-18-10-6-15/h5-6,9-10,14H,3-4,7-8,11-13H2,1-2H3. The molecule has 3 rings (SSSR count). The predicted octanol–water partition coefficient (Wildman–Crippen LogP) is 2.42. The van der Waals surface area contributed by atoms with Gasteiger partial charge in [-0.25, -0.2) is 0 Å². The average Bonchev–Trinajstić information content (AvgIpc) is 3.32. The molecule has 0 radical (unpaired) electrons. The zero-order valence-corrected chi connectivity index (χ0v) is 13.1. The molecular weight excluding hydrogens is 262 g/mol. The van der Waals surface area contributed by atoms with Crippen LogP contribution in [0.3, 0.4) is 0 Å². The van der Waals surface area contributed by atoms with Gasteiger partial charge >= 0.3 is 0 Å². The Hall–Kier alpha value is -1.42. The number of pyridine rings is 1. The summed E-state index contributed by atoms with van der Waals surface area (Å²) in [5, 5.41) is 0. The van der Waals surface area contributed by atoms with Crippen molar-refractivity contribution < 1.29 is 4.79 Å². The van der Waals surface area contributed by atoms with Crippen molar-refractivity contribution in [2.45, 2.75) is 37.6 Å². The van der Waals surface area contributed by atoms with Crippen LogP contribution in [0.1, 0.15) is 42.5 Å². The molecule has 4 heteroatoms. The zero-order chi connectivity index (χ0) is 14.9. The number of hydrogen-bond acceptors (Lipinski definition) is 3. The highest BCUT2D eigenvalue weighted by atomic mass is 16.2. The summed E-state index contributed by atoms with van der Waals surface area (Å²) in [6.07, 6.45) is 9.66. The molecule has 1 aliphatic carbocycles. The van der Waals surface area contributed by atoms with Gasteiger partial charge in [-0.1, -0.05) is 12.8 Å². The van der Waals surface area contributed by atoms with Gasteiger partial charge in [-0.3, -0.25) is 9.78 Å². The Morgan fingerprint density at radius 3 is 2.43 bits per heavy atom. The van der Waals surface area contributed by atoms with Gasteiger partial charge in [0, 0.05) is 36.6 Å². The first-order valence-corrected chi connectivity index (χ1v) is 7.97. The molecule has 21 heavy (non-hydrogen) atoms. The van der Waals surface area contributed by atoms with Crippen molar-refractivity contribution in [2.75, 3.05) is 27.2 Å². The van der Waals surface area contributed by atoms with Crippen molar-refractivity contribution in [1.82, 2.24) is 14.8 Å². The maximum absolute atomic E-state index is 12.5. The van der Waals surface area contributed by atoms with Gasteiger partial charge in [0.1, 0.15) is 0 Å². The molecule has 0 N–H and O–H groups in total. The van der Waals surface area contributed by atoms with Crippen LogP contribution in [-0.2, 0) is 0 Å². The maximum Gasteiger partial charge on any atom is 0.253 e. The van der Waals surface area contributed by atoms with E-state index in [-0.39, 0.29) is 5.91 Å². The van der Waals surface area contributed by atoms with Crippen LogP contribution in [0.4, 0.5) is 0 Å². The summed E-state index contributed by atoms with van der Waals surface area (Å²) in [7, 11) is 4.39. The summed E-state index contributed by atoms with van der Waals surface area (Å²) in [4.78, 5) is 20.9. The molecule has 4 nitrogen and oxygen atoms in total. The van der Waals surface area contributed by atoms with E-state index in [0.29, 0.717) is 5.54 Å². The van der Waals surface area contributed by atoms with Gasteiger partial charge in [-0.05, 0) is 51.4 Å². The first-order valence-electron chi connectivity index (χ1n) is 7.97. The lowest BCUT2D eigenvalue weighted by molar-refractivity contribution is 0.0363. The number of aromatic nitrogens is 1. The van der Waals surface area contributed by atoms with Gasteiger partial charge in [0.15, 0.2) is 0 Å². The van der Waals surface area contributed by atoms with Crippen molar-refractivity contribution in [3.63, 3.8) is 0 Å². The van der Waals surface area contributed by atoms with E-state index in [2.05, 4.69) is 24.0 Å². The van der Waals surface area contributed by atoms with Gasteiger partial charge in [0.25, 0.3) is 5.91 Å². The van der Waals surface area contributed by atoms with E-state index in [9.17, 15) is 4.79 Å². The molecule has 0 spiro atoms. The number of nitrogens with zero attached hydrogens (tertiary/aromatic N) is 3. The van der Waals surface area contributed by atoms with Crippen LogP contribution in [0.15, 0.2) is 24.5 Å². The van der Waals surface area contributed by atoms with Crippen molar-refractivity contribution >= 4 is 5.91 Å². The summed E-state index contributed by atoms with van der Waals surface area (Å²) < 4.78 is 0.